The van der Waals surface area contributed by atoms with Crippen LogP contribution in [-0.2, 0) is 16.0 Å². The molecule has 1 aliphatic rings. The van der Waals surface area contributed by atoms with E-state index in [9.17, 15) is 9.59 Å². The standard InChI is InChI=1S/C16H20ClNO3/c1-15(2,9-11-4-3-5-12(17)8-11)10-18-13(19)16(6-7-16)14(20)21/h3-5,8H,6-7,9-10H2,1-2H3,(H,18,19)(H,20,21). The van der Waals surface area contributed by atoms with Crippen LogP contribution in [0.5, 0.6) is 0 Å². The van der Waals surface area contributed by atoms with E-state index in [0.717, 1.165) is 12.0 Å². The number of halogens is 1. The minimum atomic E-state index is -1.17. The Morgan fingerprint density at radius 2 is 2.05 bits per heavy atom. The zero-order valence-electron chi connectivity index (χ0n) is 12.3. The van der Waals surface area contributed by atoms with E-state index in [0.29, 0.717) is 24.4 Å². The highest BCUT2D eigenvalue weighted by atomic mass is 35.5. The molecule has 0 aliphatic heterocycles. The summed E-state index contributed by atoms with van der Waals surface area (Å²) in [6, 6.07) is 7.62. The summed E-state index contributed by atoms with van der Waals surface area (Å²) in [6.45, 7) is 4.51. The molecule has 2 N–H and O–H groups in total. The van der Waals surface area contributed by atoms with Gasteiger partial charge < -0.3 is 10.4 Å². The number of nitrogens with one attached hydrogen (secondary N) is 1. The van der Waals surface area contributed by atoms with Crippen LogP contribution < -0.4 is 5.32 Å². The first-order valence-electron chi connectivity index (χ1n) is 7.01. The zero-order chi connectivity index (χ0) is 15.7. The number of aliphatic carboxylic acids is 1. The van der Waals surface area contributed by atoms with E-state index in [4.69, 9.17) is 16.7 Å². The molecule has 2 rings (SSSR count). The number of hydrogen-bond acceptors (Lipinski definition) is 2. The van der Waals surface area contributed by atoms with Gasteiger partial charge in [-0.15, -0.1) is 0 Å². The first kappa shape index (κ1) is 15.8. The smallest absolute Gasteiger partial charge is 0.319 e. The van der Waals surface area contributed by atoms with Crippen molar-refractivity contribution in [2.45, 2.75) is 33.1 Å². The number of rotatable bonds is 6. The predicted octanol–water partition coefficient (Wildman–Crippen LogP) is 2.89. The number of benzene rings is 1. The van der Waals surface area contributed by atoms with Crippen molar-refractivity contribution in [1.29, 1.82) is 0 Å². The maximum absolute atomic E-state index is 12.0. The Kier molecular flexibility index (Phi) is 4.28. The Morgan fingerprint density at radius 3 is 2.57 bits per heavy atom. The van der Waals surface area contributed by atoms with Gasteiger partial charge in [0.05, 0.1) is 0 Å². The number of amides is 1. The van der Waals surface area contributed by atoms with Crippen LogP contribution >= 0.6 is 11.6 Å². The normalized spacial score (nSPS) is 16.3. The van der Waals surface area contributed by atoms with Gasteiger partial charge in [0, 0.05) is 11.6 Å². The molecule has 5 heteroatoms. The minimum Gasteiger partial charge on any atom is -0.480 e. The molecule has 0 saturated heterocycles. The van der Waals surface area contributed by atoms with Crippen LogP contribution in [0.15, 0.2) is 24.3 Å². The highest BCUT2D eigenvalue weighted by Crippen LogP contribution is 2.46. The van der Waals surface area contributed by atoms with Gasteiger partial charge in [0.15, 0.2) is 0 Å². The number of carbonyl (C=O) groups is 2. The van der Waals surface area contributed by atoms with Crippen molar-refractivity contribution in [3.8, 4) is 0 Å². The van der Waals surface area contributed by atoms with Gasteiger partial charge in [-0.1, -0.05) is 37.6 Å². The molecule has 4 nitrogen and oxygen atoms in total. The molecule has 1 aromatic rings. The summed E-state index contributed by atoms with van der Waals surface area (Å²) >= 11 is 5.97. The fraction of sp³-hybridized carbons (Fsp3) is 0.500. The third-order valence-corrected chi connectivity index (χ3v) is 4.13. The summed E-state index contributed by atoms with van der Waals surface area (Å²) in [5.41, 5.74) is -0.248. The Balaban J connectivity index is 1.92. The fourth-order valence-electron chi connectivity index (χ4n) is 2.41. The van der Waals surface area contributed by atoms with E-state index in [-0.39, 0.29) is 11.3 Å². The van der Waals surface area contributed by atoms with Gasteiger partial charge >= 0.3 is 5.97 Å². The van der Waals surface area contributed by atoms with Crippen molar-refractivity contribution in [1.82, 2.24) is 5.32 Å². The molecular weight excluding hydrogens is 290 g/mol. The molecule has 0 heterocycles. The van der Waals surface area contributed by atoms with Crippen molar-refractivity contribution in [3.05, 3.63) is 34.9 Å². The number of hydrogen-bond donors (Lipinski definition) is 2. The number of carboxylic acids is 1. The summed E-state index contributed by atoms with van der Waals surface area (Å²) in [4.78, 5) is 23.1. The maximum atomic E-state index is 12.0. The lowest BCUT2D eigenvalue weighted by atomic mass is 9.85. The van der Waals surface area contributed by atoms with Crippen LogP contribution in [0, 0.1) is 10.8 Å². The van der Waals surface area contributed by atoms with Gasteiger partial charge in [-0.05, 0) is 42.4 Å². The van der Waals surface area contributed by atoms with Crippen LogP contribution in [0.4, 0.5) is 0 Å². The van der Waals surface area contributed by atoms with Crippen LogP contribution in [0.25, 0.3) is 0 Å². The molecule has 114 valence electrons. The Bertz CT molecular complexity index is 564. The van der Waals surface area contributed by atoms with Crippen molar-refractivity contribution in [3.63, 3.8) is 0 Å². The Hall–Kier alpha value is -1.55. The molecule has 1 fully saturated rings. The van der Waals surface area contributed by atoms with Crippen LogP contribution in [0.1, 0.15) is 32.3 Å². The fourth-order valence-corrected chi connectivity index (χ4v) is 2.63. The lowest BCUT2D eigenvalue weighted by Gasteiger charge is -2.26. The van der Waals surface area contributed by atoms with Gasteiger partial charge in [-0.3, -0.25) is 9.59 Å². The summed E-state index contributed by atoms with van der Waals surface area (Å²) in [7, 11) is 0. The van der Waals surface area contributed by atoms with Crippen LogP contribution in [-0.4, -0.2) is 23.5 Å². The average Bonchev–Trinajstić information content (AvgIpc) is 3.17. The summed E-state index contributed by atoms with van der Waals surface area (Å²) in [5.74, 6) is -1.39. The molecular formula is C16H20ClNO3. The largest absolute Gasteiger partial charge is 0.480 e. The van der Waals surface area contributed by atoms with E-state index >= 15 is 0 Å². The lowest BCUT2D eigenvalue weighted by Crippen LogP contribution is -2.42. The van der Waals surface area contributed by atoms with Gasteiger partial charge in [0.25, 0.3) is 0 Å². The highest BCUT2D eigenvalue weighted by Gasteiger charge is 2.57. The quantitative estimate of drug-likeness (QED) is 0.794. The molecule has 0 atom stereocenters. The molecule has 1 saturated carbocycles. The topological polar surface area (TPSA) is 66.4 Å². The second-order valence-corrected chi connectivity index (χ2v) is 6.98. The minimum absolute atomic E-state index is 0.172. The van der Waals surface area contributed by atoms with Gasteiger partial charge in [0.2, 0.25) is 5.91 Å². The molecule has 0 unspecified atom stereocenters. The average molecular weight is 310 g/mol. The van der Waals surface area contributed by atoms with Crippen molar-refractivity contribution in [2.75, 3.05) is 6.54 Å². The summed E-state index contributed by atoms with van der Waals surface area (Å²) < 4.78 is 0. The number of carboxylic acid groups (broad SMARTS) is 1. The van der Waals surface area contributed by atoms with Gasteiger partial charge in [0.1, 0.15) is 5.41 Å². The molecule has 0 radical (unpaired) electrons. The molecule has 0 aromatic heterocycles. The summed E-state index contributed by atoms with van der Waals surface area (Å²) in [6.07, 6.45) is 1.62. The Morgan fingerprint density at radius 1 is 1.38 bits per heavy atom. The first-order valence-corrected chi connectivity index (χ1v) is 7.39. The molecule has 21 heavy (non-hydrogen) atoms. The first-order chi connectivity index (χ1) is 9.75. The maximum Gasteiger partial charge on any atom is 0.319 e. The van der Waals surface area contributed by atoms with Crippen molar-refractivity contribution < 1.29 is 14.7 Å². The van der Waals surface area contributed by atoms with Crippen molar-refractivity contribution >= 4 is 23.5 Å². The summed E-state index contributed by atoms with van der Waals surface area (Å²) in [5, 5.41) is 12.6. The predicted molar refractivity (Wildman–Crippen MR) is 81.2 cm³/mol. The van der Waals surface area contributed by atoms with Crippen molar-refractivity contribution in [2.24, 2.45) is 10.8 Å². The number of carbonyl (C=O) groups excluding carboxylic acids is 1. The molecule has 1 aliphatic carbocycles. The molecule has 1 amide bonds. The highest BCUT2D eigenvalue weighted by molar-refractivity contribution is 6.30. The second kappa shape index (κ2) is 5.68. The van der Waals surface area contributed by atoms with E-state index in [1.165, 1.54) is 0 Å². The van der Waals surface area contributed by atoms with Gasteiger partial charge in [-0.2, -0.15) is 0 Å². The Labute approximate surface area is 129 Å². The zero-order valence-corrected chi connectivity index (χ0v) is 13.0. The molecule has 0 bridgehead atoms. The van der Waals surface area contributed by atoms with Crippen LogP contribution in [0.3, 0.4) is 0 Å². The van der Waals surface area contributed by atoms with E-state index in [2.05, 4.69) is 5.32 Å². The van der Waals surface area contributed by atoms with E-state index in [1.807, 2.05) is 38.1 Å². The molecule has 1 aromatic carbocycles. The monoisotopic (exact) mass is 309 g/mol. The SMILES string of the molecule is CC(C)(CNC(=O)C1(C(=O)O)CC1)Cc1cccc(Cl)c1. The third kappa shape index (κ3) is 3.76. The van der Waals surface area contributed by atoms with E-state index in [1.54, 1.807) is 0 Å². The molecule has 0 spiro atoms. The van der Waals surface area contributed by atoms with Crippen LogP contribution in [0.2, 0.25) is 5.02 Å². The second-order valence-electron chi connectivity index (χ2n) is 6.54. The van der Waals surface area contributed by atoms with Gasteiger partial charge in [-0.25, -0.2) is 0 Å². The third-order valence-electron chi connectivity index (χ3n) is 3.89. The van der Waals surface area contributed by atoms with E-state index < -0.39 is 11.4 Å². The lowest BCUT2D eigenvalue weighted by molar-refractivity contribution is -0.149.